The summed E-state index contributed by atoms with van der Waals surface area (Å²) >= 11 is 0. The van der Waals surface area contributed by atoms with Crippen LogP contribution in [0.25, 0.3) is 0 Å². The molecule has 0 heterocycles. The van der Waals surface area contributed by atoms with Gasteiger partial charge in [-0.05, 0) is 6.42 Å². The Morgan fingerprint density at radius 1 is 1.36 bits per heavy atom. The molecule has 6 heteroatoms. The Bertz CT molecular complexity index is 149. The van der Waals surface area contributed by atoms with Gasteiger partial charge in [-0.25, -0.2) is 0 Å². The summed E-state index contributed by atoms with van der Waals surface area (Å²) in [5, 5.41) is 16.3. The van der Waals surface area contributed by atoms with Crippen molar-refractivity contribution in [2.45, 2.75) is 18.9 Å². The topological polar surface area (TPSA) is 101 Å². The fraction of sp³-hybridized carbons (Fsp3) is 0.600. The van der Waals surface area contributed by atoms with Crippen LogP contribution in [-0.4, -0.2) is 77.1 Å². The Morgan fingerprint density at radius 2 is 1.82 bits per heavy atom. The number of carboxylic acid groups (broad SMARTS) is 2. The first-order chi connectivity index (χ1) is 4.54. The average Bonchev–Trinajstić information content (AvgIpc) is 1.82. The molecule has 0 bridgehead atoms. The van der Waals surface area contributed by atoms with E-state index in [1.807, 2.05) is 0 Å². The zero-order chi connectivity index (χ0) is 8.15. The summed E-state index contributed by atoms with van der Waals surface area (Å²) in [6.07, 6.45) is -0.224. The van der Waals surface area contributed by atoms with Crippen molar-refractivity contribution >= 4 is 60.8 Å². The van der Waals surface area contributed by atoms with E-state index in [9.17, 15) is 9.59 Å². The van der Waals surface area contributed by atoms with Gasteiger partial charge in [-0.3, -0.25) is 9.59 Å². The second-order valence-corrected chi connectivity index (χ2v) is 1.88. The van der Waals surface area contributed by atoms with E-state index in [4.69, 9.17) is 15.9 Å². The summed E-state index contributed by atoms with van der Waals surface area (Å²) in [7, 11) is 0. The van der Waals surface area contributed by atoms with Gasteiger partial charge in [-0.2, -0.15) is 0 Å². The van der Waals surface area contributed by atoms with Crippen LogP contribution in [0.1, 0.15) is 12.8 Å². The van der Waals surface area contributed by atoms with Crippen LogP contribution in [0.5, 0.6) is 0 Å². The summed E-state index contributed by atoms with van der Waals surface area (Å²) in [4.78, 5) is 19.9. The minimum absolute atomic E-state index is 0. The number of rotatable bonds is 4. The van der Waals surface area contributed by atoms with Crippen LogP contribution in [0.2, 0.25) is 0 Å². The van der Waals surface area contributed by atoms with Gasteiger partial charge in [-0.1, -0.05) is 0 Å². The van der Waals surface area contributed by atoms with Crippen LogP contribution in [0.4, 0.5) is 0 Å². The van der Waals surface area contributed by atoms with Crippen molar-refractivity contribution in [3.63, 3.8) is 0 Å². The monoisotopic (exact) mass is 285 g/mol. The molecule has 5 nitrogen and oxygen atoms in total. The molecule has 0 amide bonds. The third-order valence-corrected chi connectivity index (χ3v) is 0.986. The van der Waals surface area contributed by atoms with E-state index >= 15 is 0 Å². The third-order valence-electron chi connectivity index (χ3n) is 0.986. The maximum absolute atomic E-state index is 9.99. The first kappa shape index (κ1) is 14.0. The molecule has 0 saturated carbocycles. The molecule has 0 aromatic carbocycles. The second kappa shape index (κ2) is 7.14. The summed E-state index contributed by atoms with van der Waals surface area (Å²) in [5.74, 6) is -2.20. The largest absolute Gasteiger partial charge is 0.481 e. The molecule has 0 fully saturated rings. The smallest absolute Gasteiger partial charge is 0.320 e. The molecule has 0 saturated heterocycles. The van der Waals surface area contributed by atoms with Crippen LogP contribution in [0.3, 0.4) is 0 Å². The van der Waals surface area contributed by atoms with Crippen LogP contribution < -0.4 is 5.73 Å². The fourth-order valence-corrected chi connectivity index (χ4v) is 0.402. The van der Waals surface area contributed by atoms with E-state index in [1.165, 1.54) is 0 Å². The van der Waals surface area contributed by atoms with E-state index in [1.54, 1.807) is 0 Å². The summed E-state index contributed by atoms with van der Waals surface area (Å²) < 4.78 is 0. The molecule has 0 aromatic rings. The maximum Gasteiger partial charge on any atom is 0.320 e. The first-order valence-corrected chi connectivity index (χ1v) is 2.74. The van der Waals surface area contributed by atoms with Gasteiger partial charge < -0.3 is 15.9 Å². The quantitative estimate of drug-likeness (QED) is 0.568. The van der Waals surface area contributed by atoms with Gasteiger partial charge in [0.15, 0.2) is 0 Å². The fourth-order valence-electron chi connectivity index (χ4n) is 0.402. The summed E-state index contributed by atoms with van der Waals surface area (Å²) in [5.41, 5.74) is 5.00. The standard InChI is InChI=1S/C5H9NO4.Ba/c6-3(5(9)10)1-2-4(7)8;/h3H,1-2,6H2,(H,7,8)(H,9,10);/t3-;/m0./s1. The van der Waals surface area contributed by atoms with E-state index in [0.717, 1.165) is 0 Å². The number of hydrogen-bond acceptors (Lipinski definition) is 3. The Labute approximate surface area is 104 Å². The molecule has 0 aliphatic heterocycles. The molecule has 11 heavy (non-hydrogen) atoms. The minimum atomic E-state index is -1.17. The van der Waals surface area contributed by atoms with E-state index in [-0.39, 0.29) is 61.7 Å². The molecule has 0 aromatic heterocycles. The molecule has 0 unspecified atom stereocenters. The maximum atomic E-state index is 9.99. The SMILES string of the molecule is N[C@@H](CCC(=O)O)C(=O)O.[Ba]. The van der Waals surface area contributed by atoms with Crippen molar-refractivity contribution in [3.8, 4) is 0 Å². The molecule has 60 valence electrons. The van der Waals surface area contributed by atoms with Crippen molar-refractivity contribution < 1.29 is 19.8 Å². The molecule has 0 spiro atoms. The average molecular weight is 284 g/mol. The summed E-state index contributed by atoms with van der Waals surface area (Å²) in [6, 6.07) is -1.06. The van der Waals surface area contributed by atoms with Gasteiger partial charge in [0, 0.05) is 55.3 Å². The second-order valence-electron chi connectivity index (χ2n) is 1.88. The Hall–Kier alpha value is 0.471. The van der Waals surface area contributed by atoms with Crippen molar-refractivity contribution in [2.24, 2.45) is 5.73 Å². The number of carboxylic acids is 2. The van der Waals surface area contributed by atoms with E-state index in [2.05, 4.69) is 0 Å². The number of carbonyl (C=O) groups is 2. The molecule has 0 aliphatic carbocycles. The van der Waals surface area contributed by atoms with Gasteiger partial charge in [0.2, 0.25) is 0 Å². The van der Waals surface area contributed by atoms with Gasteiger partial charge in [0.25, 0.3) is 0 Å². The van der Waals surface area contributed by atoms with Crippen LogP contribution in [0.15, 0.2) is 0 Å². The molecule has 4 N–H and O–H groups in total. The Balaban J connectivity index is 0. The number of hydrogen-bond donors (Lipinski definition) is 3. The number of aliphatic carboxylic acids is 2. The van der Waals surface area contributed by atoms with Crippen molar-refractivity contribution in [3.05, 3.63) is 0 Å². The van der Waals surface area contributed by atoms with Crippen molar-refractivity contribution in [2.75, 3.05) is 0 Å². The molecule has 1 atom stereocenters. The van der Waals surface area contributed by atoms with Crippen LogP contribution in [0, 0.1) is 0 Å². The summed E-state index contributed by atoms with van der Waals surface area (Å²) in [6.45, 7) is 0. The van der Waals surface area contributed by atoms with Crippen molar-refractivity contribution in [1.82, 2.24) is 0 Å². The van der Waals surface area contributed by atoms with Crippen LogP contribution >= 0.6 is 0 Å². The minimum Gasteiger partial charge on any atom is -0.481 e. The normalized spacial score (nSPS) is 11.4. The first-order valence-electron chi connectivity index (χ1n) is 2.74. The van der Waals surface area contributed by atoms with Gasteiger partial charge in [0.05, 0.1) is 0 Å². The predicted octanol–water partition coefficient (Wildman–Crippen LogP) is -1.12. The molecule has 2 radical (unpaired) electrons. The number of nitrogens with two attached hydrogens (primary N) is 1. The van der Waals surface area contributed by atoms with E-state index < -0.39 is 18.0 Å². The molecule has 0 rings (SSSR count). The van der Waals surface area contributed by atoms with Crippen molar-refractivity contribution in [1.29, 1.82) is 0 Å². The van der Waals surface area contributed by atoms with Gasteiger partial charge in [0.1, 0.15) is 6.04 Å². The Morgan fingerprint density at radius 3 is 2.09 bits per heavy atom. The van der Waals surface area contributed by atoms with Gasteiger partial charge >= 0.3 is 11.9 Å². The molecular weight excluding hydrogens is 275 g/mol. The van der Waals surface area contributed by atoms with E-state index in [0.29, 0.717) is 0 Å². The zero-order valence-electron chi connectivity index (χ0n) is 5.99. The van der Waals surface area contributed by atoms with Crippen LogP contribution in [-0.2, 0) is 9.59 Å². The molecule has 0 aliphatic rings. The Kier molecular flexibility index (Phi) is 9.10. The predicted molar refractivity (Wildman–Crippen MR) is 38.2 cm³/mol. The third kappa shape index (κ3) is 8.38. The van der Waals surface area contributed by atoms with Gasteiger partial charge in [-0.15, -0.1) is 0 Å². The zero-order valence-corrected chi connectivity index (χ0v) is 10.4. The molecular formula is C5H9BaNO4.